The van der Waals surface area contributed by atoms with Crippen LogP contribution in [0.4, 0.5) is 5.69 Å². The van der Waals surface area contributed by atoms with E-state index >= 15 is 0 Å². The van der Waals surface area contributed by atoms with Gasteiger partial charge < -0.3 is 19.7 Å². The lowest BCUT2D eigenvalue weighted by molar-refractivity contribution is -0.118. The van der Waals surface area contributed by atoms with Gasteiger partial charge in [-0.3, -0.25) is 9.59 Å². The van der Waals surface area contributed by atoms with E-state index in [1.807, 2.05) is 30.0 Å². The summed E-state index contributed by atoms with van der Waals surface area (Å²) < 4.78 is 10.8. The molecule has 0 unspecified atom stereocenters. The van der Waals surface area contributed by atoms with E-state index in [9.17, 15) is 9.59 Å². The molecule has 6 nitrogen and oxygen atoms in total. The molecule has 1 aliphatic rings. The molecule has 2 heterocycles. The molecule has 0 saturated heterocycles. The van der Waals surface area contributed by atoms with E-state index in [1.54, 1.807) is 42.7 Å². The number of hydrogen-bond donors (Lipinski definition) is 1. The van der Waals surface area contributed by atoms with Crippen molar-refractivity contribution in [3.8, 4) is 11.5 Å². The maximum absolute atomic E-state index is 13.1. The Bertz CT molecular complexity index is 1110. The van der Waals surface area contributed by atoms with Crippen molar-refractivity contribution in [2.75, 3.05) is 25.6 Å². The van der Waals surface area contributed by atoms with Gasteiger partial charge in [0.15, 0.2) is 18.1 Å². The van der Waals surface area contributed by atoms with Crippen molar-refractivity contribution in [3.05, 3.63) is 75.5 Å². The van der Waals surface area contributed by atoms with Gasteiger partial charge in [-0.15, -0.1) is 11.3 Å². The van der Waals surface area contributed by atoms with Crippen molar-refractivity contribution in [3.63, 3.8) is 0 Å². The normalized spacial score (nSPS) is 12.8. The van der Waals surface area contributed by atoms with Gasteiger partial charge >= 0.3 is 0 Å². The second-order valence-corrected chi connectivity index (χ2v) is 8.31. The lowest BCUT2D eigenvalue weighted by Crippen LogP contribution is -2.35. The molecule has 0 spiro atoms. The summed E-state index contributed by atoms with van der Waals surface area (Å²) in [6.45, 7) is 3.02. The van der Waals surface area contributed by atoms with E-state index in [2.05, 4.69) is 16.8 Å². The van der Waals surface area contributed by atoms with Crippen LogP contribution in [0.5, 0.6) is 11.5 Å². The lowest BCUT2D eigenvalue weighted by Gasteiger charge is -2.28. The third-order valence-corrected chi connectivity index (χ3v) is 6.38. The van der Waals surface area contributed by atoms with Crippen LogP contribution < -0.4 is 14.8 Å². The fraction of sp³-hybridized carbons (Fsp3) is 0.250. The van der Waals surface area contributed by atoms with Crippen LogP contribution in [-0.4, -0.2) is 37.0 Å². The number of thiophene rings is 1. The van der Waals surface area contributed by atoms with Gasteiger partial charge in [0.25, 0.3) is 11.8 Å². The maximum atomic E-state index is 13.1. The van der Waals surface area contributed by atoms with Crippen LogP contribution in [0, 0.1) is 6.92 Å². The Labute approximate surface area is 185 Å². The zero-order valence-corrected chi connectivity index (χ0v) is 18.3. The molecule has 7 heteroatoms. The van der Waals surface area contributed by atoms with Gasteiger partial charge in [-0.05, 0) is 60.2 Å². The molecular formula is C24H24N2O4S. The van der Waals surface area contributed by atoms with Crippen molar-refractivity contribution in [2.45, 2.75) is 19.9 Å². The number of rotatable bonds is 6. The largest absolute Gasteiger partial charge is 0.493 e. The number of amides is 2. The minimum Gasteiger partial charge on any atom is -0.493 e. The molecule has 1 N–H and O–H groups in total. The van der Waals surface area contributed by atoms with Gasteiger partial charge in [0.05, 0.1) is 7.11 Å². The Morgan fingerprint density at radius 2 is 1.90 bits per heavy atom. The van der Waals surface area contributed by atoms with Crippen LogP contribution in [0.15, 0.2) is 53.9 Å². The van der Waals surface area contributed by atoms with Gasteiger partial charge in [0, 0.05) is 29.2 Å². The van der Waals surface area contributed by atoms with Gasteiger partial charge in [-0.25, -0.2) is 0 Å². The zero-order valence-electron chi connectivity index (χ0n) is 17.5. The summed E-state index contributed by atoms with van der Waals surface area (Å²) in [7, 11) is 1.55. The highest BCUT2D eigenvalue weighted by molar-refractivity contribution is 7.10. The Morgan fingerprint density at radius 3 is 2.71 bits per heavy atom. The van der Waals surface area contributed by atoms with E-state index < -0.39 is 0 Å². The first-order chi connectivity index (χ1) is 15.1. The number of methoxy groups -OCH3 is 1. The second kappa shape index (κ2) is 9.22. The molecule has 1 aromatic heterocycles. The fourth-order valence-corrected chi connectivity index (χ4v) is 4.55. The quantitative estimate of drug-likeness (QED) is 0.626. The molecule has 160 valence electrons. The topological polar surface area (TPSA) is 67.9 Å². The SMILES string of the molecule is COc1ccccc1OCC(=O)Nc1cccc(C(=O)N2CCc3sccc3C2)c1C. The number of benzene rings is 2. The van der Waals surface area contributed by atoms with Gasteiger partial charge in [-0.2, -0.15) is 0 Å². The molecule has 0 aliphatic carbocycles. The number of para-hydroxylation sites is 2. The van der Waals surface area contributed by atoms with E-state index in [4.69, 9.17) is 9.47 Å². The summed E-state index contributed by atoms with van der Waals surface area (Å²) in [6, 6.07) is 14.6. The minimum absolute atomic E-state index is 0.0179. The summed E-state index contributed by atoms with van der Waals surface area (Å²) in [5.41, 5.74) is 3.17. The van der Waals surface area contributed by atoms with E-state index in [1.165, 1.54) is 10.4 Å². The fourth-order valence-electron chi connectivity index (χ4n) is 3.66. The highest BCUT2D eigenvalue weighted by atomic mass is 32.1. The number of anilines is 1. The molecule has 2 aromatic carbocycles. The average molecular weight is 437 g/mol. The third kappa shape index (κ3) is 4.56. The molecule has 31 heavy (non-hydrogen) atoms. The third-order valence-electron chi connectivity index (χ3n) is 5.36. The second-order valence-electron chi connectivity index (χ2n) is 7.31. The van der Waals surface area contributed by atoms with Gasteiger partial charge in [0.1, 0.15) is 0 Å². The van der Waals surface area contributed by atoms with Crippen molar-refractivity contribution in [1.82, 2.24) is 4.90 Å². The summed E-state index contributed by atoms with van der Waals surface area (Å²) in [5, 5.41) is 4.93. The van der Waals surface area contributed by atoms with Crippen LogP contribution in [-0.2, 0) is 17.8 Å². The number of nitrogens with zero attached hydrogens (tertiary/aromatic N) is 1. The highest BCUT2D eigenvalue weighted by Crippen LogP contribution is 2.28. The Kier molecular flexibility index (Phi) is 6.23. The molecular weight excluding hydrogens is 412 g/mol. The molecule has 0 radical (unpaired) electrons. The van der Waals surface area contributed by atoms with Gasteiger partial charge in [0.2, 0.25) is 0 Å². The average Bonchev–Trinajstić information content (AvgIpc) is 3.27. The van der Waals surface area contributed by atoms with Crippen LogP contribution in [0.1, 0.15) is 26.4 Å². The first-order valence-corrected chi connectivity index (χ1v) is 10.9. The van der Waals surface area contributed by atoms with Crippen molar-refractivity contribution in [1.29, 1.82) is 0 Å². The summed E-state index contributed by atoms with van der Waals surface area (Å²) in [4.78, 5) is 28.8. The predicted molar refractivity (Wildman–Crippen MR) is 121 cm³/mol. The molecule has 1 aliphatic heterocycles. The van der Waals surface area contributed by atoms with E-state index in [0.29, 0.717) is 35.8 Å². The lowest BCUT2D eigenvalue weighted by atomic mass is 10.0. The minimum atomic E-state index is -0.306. The van der Waals surface area contributed by atoms with E-state index in [0.717, 1.165) is 12.0 Å². The van der Waals surface area contributed by atoms with Crippen LogP contribution in [0.2, 0.25) is 0 Å². The first kappa shape index (κ1) is 20.9. The number of hydrogen-bond acceptors (Lipinski definition) is 5. The molecule has 0 bridgehead atoms. The standard InChI is InChI=1S/C24H24N2O4S/c1-16-18(24(28)26-12-10-22-17(14-26)11-13-31-22)6-5-7-19(16)25-23(27)15-30-21-9-4-3-8-20(21)29-2/h3-9,11,13H,10,12,14-15H2,1-2H3,(H,25,27). The molecule has 3 aromatic rings. The first-order valence-electron chi connectivity index (χ1n) is 10.1. The molecule has 2 amide bonds. The molecule has 0 saturated carbocycles. The number of carbonyl (C=O) groups is 2. The Hall–Kier alpha value is -3.32. The number of carbonyl (C=O) groups excluding carboxylic acids is 2. The maximum Gasteiger partial charge on any atom is 0.262 e. The number of ether oxygens (including phenoxy) is 2. The molecule has 0 fully saturated rings. The van der Waals surface area contributed by atoms with E-state index in [-0.39, 0.29) is 18.4 Å². The number of nitrogens with one attached hydrogen (secondary N) is 1. The zero-order chi connectivity index (χ0) is 21.8. The summed E-state index contributed by atoms with van der Waals surface area (Å²) in [6.07, 6.45) is 0.883. The van der Waals surface area contributed by atoms with Crippen molar-refractivity contribution < 1.29 is 19.1 Å². The van der Waals surface area contributed by atoms with Gasteiger partial charge in [-0.1, -0.05) is 18.2 Å². The number of fused-ring (bicyclic) bond motifs is 1. The highest BCUT2D eigenvalue weighted by Gasteiger charge is 2.24. The summed E-state index contributed by atoms with van der Waals surface area (Å²) in [5.74, 6) is 0.739. The summed E-state index contributed by atoms with van der Waals surface area (Å²) >= 11 is 1.75. The molecule has 0 atom stereocenters. The monoisotopic (exact) mass is 436 g/mol. The Balaban J connectivity index is 1.42. The van der Waals surface area contributed by atoms with Crippen molar-refractivity contribution in [2.24, 2.45) is 0 Å². The predicted octanol–water partition coefficient (Wildman–Crippen LogP) is 4.28. The van der Waals surface area contributed by atoms with Crippen LogP contribution in [0.3, 0.4) is 0 Å². The van der Waals surface area contributed by atoms with Crippen LogP contribution in [0.25, 0.3) is 0 Å². The smallest absolute Gasteiger partial charge is 0.262 e. The van der Waals surface area contributed by atoms with Crippen LogP contribution >= 0.6 is 11.3 Å². The molecule has 4 rings (SSSR count). The van der Waals surface area contributed by atoms with Crippen molar-refractivity contribution >= 4 is 28.8 Å². The Morgan fingerprint density at radius 1 is 1.10 bits per heavy atom.